The Morgan fingerprint density at radius 1 is 1.25 bits per heavy atom. The lowest BCUT2D eigenvalue weighted by atomic mass is 9.85. The second-order valence-corrected chi connectivity index (χ2v) is 7.52. The Kier molecular flexibility index (Phi) is 5.43. The van der Waals surface area contributed by atoms with Gasteiger partial charge in [-0.25, -0.2) is 13.1 Å². The molecule has 1 aliphatic carbocycles. The topological polar surface area (TPSA) is 72.2 Å². The maximum Gasteiger partial charge on any atom is 0.216 e. The third kappa shape index (κ3) is 4.19. The van der Waals surface area contributed by atoms with Crippen molar-refractivity contribution in [2.75, 3.05) is 6.54 Å². The first-order chi connectivity index (χ1) is 9.52. The Labute approximate surface area is 125 Å². The lowest BCUT2D eigenvalue weighted by Crippen LogP contribution is -2.45. The fourth-order valence-electron chi connectivity index (χ4n) is 2.74. The Bertz CT molecular complexity index is 548. The zero-order valence-electron chi connectivity index (χ0n) is 11.4. The van der Waals surface area contributed by atoms with Crippen LogP contribution < -0.4 is 10.5 Å². The van der Waals surface area contributed by atoms with Gasteiger partial charge in [0.15, 0.2) is 0 Å². The van der Waals surface area contributed by atoms with E-state index >= 15 is 0 Å². The minimum atomic E-state index is -3.39. The van der Waals surface area contributed by atoms with Gasteiger partial charge in [-0.3, -0.25) is 0 Å². The summed E-state index contributed by atoms with van der Waals surface area (Å²) >= 11 is 6.02. The quantitative estimate of drug-likeness (QED) is 0.875. The van der Waals surface area contributed by atoms with Gasteiger partial charge in [0.25, 0.3) is 0 Å². The predicted octanol–water partition coefficient (Wildman–Crippen LogP) is 2.28. The summed E-state index contributed by atoms with van der Waals surface area (Å²) in [6, 6.07) is 6.98. The summed E-state index contributed by atoms with van der Waals surface area (Å²) in [7, 11) is -3.39. The fraction of sp³-hybridized carbons (Fsp3) is 0.571. The summed E-state index contributed by atoms with van der Waals surface area (Å²) in [6.45, 7) is 0.527. The van der Waals surface area contributed by atoms with E-state index in [2.05, 4.69) is 4.72 Å². The molecule has 20 heavy (non-hydrogen) atoms. The van der Waals surface area contributed by atoms with E-state index in [0.29, 0.717) is 17.1 Å². The standard InChI is InChI=1S/C14H21ClN2O2S/c15-13-7-3-1-6-12(13)10-20(18,19)17-14-8-4-2-5-11(14)9-16/h1,3,6-7,11,14,17H,2,4-5,8-10,16H2/t11-,14-/m1/s1. The van der Waals surface area contributed by atoms with Crippen molar-refractivity contribution in [3.8, 4) is 0 Å². The molecule has 2 rings (SSSR count). The highest BCUT2D eigenvalue weighted by atomic mass is 35.5. The van der Waals surface area contributed by atoms with Crippen molar-refractivity contribution in [2.24, 2.45) is 11.7 Å². The van der Waals surface area contributed by atoms with E-state index in [4.69, 9.17) is 17.3 Å². The van der Waals surface area contributed by atoms with Crippen molar-refractivity contribution in [3.05, 3.63) is 34.9 Å². The molecule has 2 atom stereocenters. The second-order valence-electron chi connectivity index (χ2n) is 5.36. The van der Waals surface area contributed by atoms with Crippen molar-refractivity contribution in [1.82, 2.24) is 4.72 Å². The molecule has 0 amide bonds. The highest BCUT2D eigenvalue weighted by molar-refractivity contribution is 7.88. The van der Waals surface area contributed by atoms with Crippen molar-refractivity contribution >= 4 is 21.6 Å². The molecule has 0 aliphatic heterocycles. The predicted molar refractivity (Wildman–Crippen MR) is 82.0 cm³/mol. The number of hydrogen-bond acceptors (Lipinski definition) is 3. The summed E-state index contributed by atoms with van der Waals surface area (Å²) in [5, 5.41) is 0.483. The van der Waals surface area contributed by atoms with Crippen LogP contribution in [0.1, 0.15) is 31.2 Å². The van der Waals surface area contributed by atoms with Gasteiger partial charge in [-0.05, 0) is 36.9 Å². The van der Waals surface area contributed by atoms with Gasteiger partial charge in [0, 0.05) is 11.1 Å². The molecule has 4 nitrogen and oxygen atoms in total. The van der Waals surface area contributed by atoms with Crippen LogP contribution in [0.2, 0.25) is 5.02 Å². The van der Waals surface area contributed by atoms with E-state index in [9.17, 15) is 8.42 Å². The molecular weight excluding hydrogens is 296 g/mol. The van der Waals surface area contributed by atoms with Gasteiger partial charge in [-0.15, -0.1) is 0 Å². The first kappa shape index (κ1) is 15.8. The molecule has 112 valence electrons. The summed E-state index contributed by atoms with van der Waals surface area (Å²) < 4.78 is 27.3. The molecule has 1 saturated carbocycles. The highest BCUT2D eigenvalue weighted by Crippen LogP contribution is 2.25. The van der Waals surface area contributed by atoms with E-state index in [1.54, 1.807) is 24.3 Å². The van der Waals surface area contributed by atoms with Crippen molar-refractivity contribution in [2.45, 2.75) is 37.5 Å². The zero-order chi connectivity index (χ0) is 14.6. The number of halogens is 1. The van der Waals surface area contributed by atoms with Crippen LogP contribution in [0.25, 0.3) is 0 Å². The first-order valence-electron chi connectivity index (χ1n) is 6.95. The molecule has 6 heteroatoms. The lowest BCUT2D eigenvalue weighted by Gasteiger charge is -2.31. The van der Waals surface area contributed by atoms with Crippen LogP contribution >= 0.6 is 11.6 Å². The molecule has 1 aromatic rings. The van der Waals surface area contributed by atoms with Gasteiger partial charge in [0.05, 0.1) is 5.75 Å². The van der Waals surface area contributed by atoms with Gasteiger partial charge in [-0.1, -0.05) is 42.6 Å². The molecular formula is C14H21ClN2O2S. The average Bonchev–Trinajstić information content (AvgIpc) is 2.41. The number of nitrogens with one attached hydrogen (secondary N) is 1. The summed E-state index contributed by atoms with van der Waals surface area (Å²) in [6.07, 6.45) is 4.04. The summed E-state index contributed by atoms with van der Waals surface area (Å²) in [4.78, 5) is 0. The van der Waals surface area contributed by atoms with E-state index in [-0.39, 0.29) is 17.7 Å². The maximum absolute atomic E-state index is 12.3. The minimum absolute atomic E-state index is 0.0405. The summed E-state index contributed by atoms with van der Waals surface area (Å²) in [5.41, 5.74) is 6.36. The third-order valence-electron chi connectivity index (χ3n) is 3.85. The smallest absolute Gasteiger partial charge is 0.216 e. The van der Waals surface area contributed by atoms with Gasteiger partial charge < -0.3 is 5.73 Å². The van der Waals surface area contributed by atoms with Crippen LogP contribution in [0.3, 0.4) is 0 Å². The van der Waals surface area contributed by atoms with Gasteiger partial charge in [0.1, 0.15) is 0 Å². The molecule has 3 N–H and O–H groups in total. The molecule has 0 heterocycles. The minimum Gasteiger partial charge on any atom is -0.330 e. The van der Waals surface area contributed by atoms with E-state index in [0.717, 1.165) is 25.7 Å². The SMILES string of the molecule is NC[C@H]1CCCC[C@H]1NS(=O)(=O)Cc1ccccc1Cl. The molecule has 1 aliphatic rings. The summed E-state index contributed by atoms with van der Waals surface area (Å²) in [5.74, 6) is 0.158. The first-order valence-corrected chi connectivity index (χ1v) is 8.98. The molecule has 1 aromatic carbocycles. The lowest BCUT2D eigenvalue weighted by molar-refractivity contribution is 0.296. The molecule has 1 fully saturated rings. The Balaban J connectivity index is 2.05. The largest absolute Gasteiger partial charge is 0.330 e. The average molecular weight is 317 g/mol. The van der Waals surface area contributed by atoms with Gasteiger partial charge in [0.2, 0.25) is 10.0 Å². The van der Waals surface area contributed by atoms with Crippen LogP contribution in [0.15, 0.2) is 24.3 Å². The molecule has 0 spiro atoms. The van der Waals surface area contributed by atoms with E-state index in [1.165, 1.54) is 0 Å². The van der Waals surface area contributed by atoms with Crippen LogP contribution in [-0.4, -0.2) is 21.0 Å². The van der Waals surface area contributed by atoms with Crippen LogP contribution in [-0.2, 0) is 15.8 Å². The molecule has 0 bridgehead atoms. The maximum atomic E-state index is 12.3. The Hall–Kier alpha value is -0.620. The van der Waals surface area contributed by atoms with Crippen LogP contribution in [0.5, 0.6) is 0 Å². The number of hydrogen-bond donors (Lipinski definition) is 2. The highest BCUT2D eigenvalue weighted by Gasteiger charge is 2.28. The van der Waals surface area contributed by atoms with Gasteiger partial charge >= 0.3 is 0 Å². The second kappa shape index (κ2) is 6.89. The van der Waals surface area contributed by atoms with Crippen LogP contribution in [0, 0.1) is 5.92 Å². The molecule has 0 aromatic heterocycles. The molecule has 0 saturated heterocycles. The number of rotatable bonds is 5. The molecule has 0 unspecified atom stereocenters. The number of sulfonamides is 1. The Morgan fingerprint density at radius 3 is 2.65 bits per heavy atom. The van der Waals surface area contributed by atoms with Crippen molar-refractivity contribution < 1.29 is 8.42 Å². The number of benzene rings is 1. The fourth-order valence-corrected chi connectivity index (χ4v) is 4.54. The zero-order valence-corrected chi connectivity index (χ0v) is 13.0. The monoisotopic (exact) mass is 316 g/mol. The number of nitrogens with two attached hydrogens (primary N) is 1. The van der Waals surface area contributed by atoms with E-state index in [1.807, 2.05) is 0 Å². The normalized spacial score (nSPS) is 23.7. The molecule has 0 radical (unpaired) electrons. The van der Waals surface area contributed by atoms with Crippen molar-refractivity contribution in [3.63, 3.8) is 0 Å². The third-order valence-corrected chi connectivity index (χ3v) is 5.57. The van der Waals surface area contributed by atoms with Gasteiger partial charge in [-0.2, -0.15) is 0 Å². The van der Waals surface area contributed by atoms with E-state index < -0.39 is 10.0 Å². The van der Waals surface area contributed by atoms with Crippen molar-refractivity contribution in [1.29, 1.82) is 0 Å². The Morgan fingerprint density at radius 2 is 1.95 bits per heavy atom. The van der Waals surface area contributed by atoms with Crippen LogP contribution in [0.4, 0.5) is 0 Å².